The van der Waals surface area contributed by atoms with Crippen LogP contribution in [-0.4, -0.2) is 27.6 Å². The highest BCUT2D eigenvalue weighted by Gasteiger charge is 2.56. The van der Waals surface area contributed by atoms with Crippen molar-refractivity contribution in [1.29, 1.82) is 0 Å². The molecule has 5 atom stereocenters. The predicted molar refractivity (Wildman–Crippen MR) is 110 cm³/mol. The van der Waals surface area contributed by atoms with Crippen molar-refractivity contribution in [2.24, 2.45) is 17.8 Å². The van der Waals surface area contributed by atoms with Gasteiger partial charge in [0.1, 0.15) is 5.03 Å². The Morgan fingerprint density at radius 2 is 1.96 bits per heavy atom. The van der Waals surface area contributed by atoms with Crippen molar-refractivity contribution < 1.29 is 9.90 Å². The van der Waals surface area contributed by atoms with Crippen molar-refractivity contribution in [1.82, 2.24) is 10.3 Å². The number of benzene rings is 1. The molecular weight excluding hydrogens is 392 g/mol. The largest absolute Gasteiger partial charge is 0.388 e. The van der Waals surface area contributed by atoms with Crippen molar-refractivity contribution in [2.45, 2.75) is 53.7 Å². The molecule has 3 unspecified atom stereocenters. The van der Waals surface area contributed by atoms with E-state index in [1.807, 2.05) is 30.3 Å². The van der Waals surface area contributed by atoms with Gasteiger partial charge in [0.2, 0.25) is 0 Å². The molecule has 1 aromatic carbocycles. The Balaban J connectivity index is 1.31. The molecule has 4 aliphatic rings. The average Bonchev–Trinajstić information content (AvgIpc) is 2.66. The first-order chi connectivity index (χ1) is 13.5. The van der Waals surface area contributed by atoms with Gasteiger partial charge < -0.3 is 10.4 Å². The maximum absolute atomic E-state index is 13.0. The van der Waals surface area contributed by atoms with Gasteiger partial charge in [-0.25, -0.2) is 4.98 Å². The van der Waals surface area contributed by atoms with E-state index in [0.29, 0.717) is 28.3 Å². The van der Waals surface area contributed by atoms with Gasteiger partial charge in [0.05, 0.1) is 16.7 Å². The van der Waals surface area contributed by atoms with Crippen LogP contribution in [-0.2, 0) is 0 Å². The van der Waals surface area contributed by atoms with Crippen LogP contribution in [0.15, 0.2) is 52.5 Å². The number of nitrogens with zero attached hydrogens (tertiary/aromatic N) is 1. The van der Waals surface area contributed by atoms with E-state index in [4.69, 9.17) is 11.6 Å². The average molecular weight is 415 g/mol. The summed E-state index contributed by atoms with van der Waals surface area (Å²) in [6, 6.07) is 11.1. The third kappa shape index (κ3) is 3.44. The van der Waals surface area contributed by atoms with Gasteiger partial charge in [-0.05, 0) is 80.2 Å². The molecule has 4 aliphatic carbocycles. The smallest absolute Gasteiger partial charge is 0.251 e. The van der Waals surface area contributed by atoms with Gasteiger partial charge in [0, 0.05) is 16.7 Å². The molecule has 1 aromatic heterocycles. The van der Waals surface area contributed by atoms with E-state index in [9.17, 15) is 9.90 Å². The summed E-state index contributed by atoms with van der Waals surface area (Å²) in [4.78, 5) is 18.2. The SMILES string of the molecule is O=C(N[C@H]1C2CC3C[C@@H](C2)CC1(O)C3)c1cccc(Sc2ccc(Cl)cn2)c1. The maximum Gasteiger partial charge on any atom is 0.251 e. The number of aliphatic hydroxyl groups is 1. The van der Waals surface area contributed by atoms with E-state index in [-0.39, 0.29) is 11.9 Å². The number of aromatic nitrogens is 1. The minimum Gasteiger partial charge on any atom is -0.388 e. The molecule has 1 amide bonds. The molecule has 0 aliphatic heterocycles. The van der Waals surface area contributed by atoms with Crippen LogP contribution in [0.5, 0.6) is 0 Å². The molecule has 0 radical (unpaired) electrons. The lowest BCUT2D eigenvalue weighted by atomic mass is 9.52. The highest BCUT2D eigenvalue weighted by atomic mass is 35.5. The van der Waals surface area contributed by atoms with Gasteiger partial charge in [-0.3, -0.25) is 4.79 Å². The van der Waals surface area contributed by atoms with Crippen LogP contribution < -0.4 is 5.32 Å². The molecule has 4 bridgehead atoms. The number of hydrogen-bond acceptors (Lipinski definition) is 4. The number of rotatable bonds is 4. The monoisotopic (exact) mass is 414 g/mol. The fraction of sp³-hybridized carbons (Fsp3) is 0.455. The van der Waals surface area contributed by atoms with Crippen LogP contribution in [0.2, 0.25) is 5.02 Å². The first-order valence-electron chi connectivity index (χ1n) is 9.91. The topological polar surface area (TPSA) is 62.2 Å². The van der Waals surface area contributed by atoms with E-state index in [1.54, 1.807) is 12.3 Å². The van der Waals surface area contributed by atoms with Crippen LogP contribution >= 0.6 is 23.4 Å². The third-order valence-electron chi connectivity index (χ3n) is 6.58. The Labute approximate surface area is 174 Å². The Hall–Kier alpha value is -1.56. The number of carbonyl (C=O) groups is 1. The minimum atomic E-state index is -0.718. The highest BCUT2D eigenvalue weighted by molar-refractivity contribution is 7.99. The number of amides is 1. The second-order valence-electron chi connectivity index (χ2n) is 8.61. The van der Waals surface area contributed by atoms with Crippen LogP contribution in [0.3, 0.4) is 0 Å². The van der Waals surface area contributed by atoms with Gasteiger partial charge in [-0.15, -0.1) is 0 Å². The Bertz CT molecular complexity index is 890. The van der Waals surface area contributed by atoms with Crippen LogP contribution in [0, 0.1) is 17.8 Å². The lowest BCUT2D eigenvalue weighted by Gasteiger charge is -2.58. The molecule has 6 rings (SSSR count). The first-order valence-corrected chi connectivity index (χ1v) is 11.1. The second kappa shape index (κ2) is 7.05. The summed E-state index contributed by atoms with van der Waals surface area (Å²) in [5.41, 5.74) is -0.0966. The highest BCUT2D eigenvalue weighted by Crippen LogP contribution is 2.55. The summed E-state index contributed by atoms with van der Waals surface area (Å²) in [5, 5.41) is 15.8. The molecule has 6 heteroatoms. The van der Waals surface area contributed by atoms with Gasteiger partial charge in [0.25, 0.3) is 5.91 Å². The molecule has 0 spiro atoms. The molecule has 2 aromatic rings. The molecule has 28 heavy (non-hydrogen) atoms. The van der Waals surface area contributed by atoms with Gasteiger partial charge in [-0.2, -0.15) is 0 Å². The molecule has 1 heterocycles. The summed E-state index contributed by atoms with van der Waals surface area (Å²) in [6.45, 7) is 0. The molecule has 0 saturated heterocycles. The summed E-state index contributed by atoms with van der Waals surface area (Å²) < 4.78 is 0. The van der Waals surface area contributed by atoms with Crippen LogP contribution in [0.25, 0.3) is 0 Å². The van der Waals surface area contributed by atoms with Crippen molar-refractivity contribution in [3.05, 3.63) is 53.2 Å². The molecule has 4 saturated carbocycles. The zero-order valence-corrected chi connectivity index (χ0v) is 17.0. The lowest BCUT2D eigenvalue weighted by Crippen LogP contribution is -2.66. The predicted octanol–water partition coefficient (Wildman–Crippen LogP) is 4.56. The van der Waals surface area contributed by atoms with E-state index >= 15 is 0 Å². The summed E-state index contributed by atoms with van der Waals surface area (Å²) in [5.74, 6) is 1.60. The van der Waals surface area contributed by atoms with Crippen molar-refractivity contribution in [2.75, 3.05) is 0 Å². The van der Waals surface area contributed by atoms with Crippen molar-refractivity contribution in [3.8, 4) is 0 Å². The molecular formula is C22H23ClN2O2S. The third-order valence-corrected chi connectivity index (χ3v) is 7.74. The fourth-order valence-corrected chi connectivity index (χ4v) is 6.65. The zero-order valence-electron chi connectivity index (χ0n) is 15.5. The number of nitrogens with one attached hydrogen (secondary N) is 1. The van der Waals surface area contributed by atoms with Gasteiger partial charge in [0.15, 0.2) is 0 Å². The van der Waals surface area contributed by atoms with Gasteiger partial charge in [-0.1, -0.05) is 29.4 Å². The van der Waals surface area contributed by atoms with E-state index < -0.39 is 5.60 Å². The summed E-state index contributed by atoms with van der Waals surface area (Å²) in [7, 11) is 0. The quantitative estimate of drug-likeness (QED) is 0.770. The Morgan fingerprint density at radius 3 is 2.64 bits per heavy atom. The van der Waals surface area contributed by atoms with Gasteiger partial charge >= 0.3 is 0 Å². The van der Waals surface area contributed by atoms with Crippen molar-refractivity contribution in [3.63, 3.8) is 0 Å². The number of carbonyl (C=O) groups excluding carboxylic acids is 1. The molecule has 2 N–H and O–H groups in total. The molecule has 146 valence electrons. The zero-order chi connectivity index (χ0) is 19.3. The Kier molecular flexibility index (Phi) is 4.65. The van der Waals surface area contributed by atoms with Crippen LogP contribution in [0.1, 0.15) is 42.5 Å². The van der Waals surface area contributed by atoms with E-state index in [0.717, 1.165) is 35.6 Å². The van der Waals surface area contributed by atoms with E-state index in [1.165, 1.54) is 18.2 Å². The molecule has 4 fully saturated rings. The summed E-state index contributed by atoms with van der Waals surface area (Å²) in [6.07, 6.45) is 6.83. The Morgan fingerprint density at radius 1 is 1.18 bits per heavy atom. The lowest BCUT2D eigenvalue weighted by molar-refractivity contribution is -0.146. The fourth-order valence-electron chi connectivity index (χ4n) is 5.72. The van der Waals surface area contributed by atoms with E-state index in [2.05, 4.69) is 10.3 Å². The van der Waals surface area contributed by atoms with Crippen molar-refractivity contribution >= 4 is 29.3 Å². The second-order valence-corrected chi connectivity index (χ2v) is 10.1. The van der Waals surface area contributed by atoms with Crippen LogP contribution in [0.4, 0.5) is 0 Å². The number of halogens is 1. The molecule has 4 nitrogen and oxygen atoms in total. The minimum absolute atomic E-state index is 0.0996. The normalized spacial score (nSPS) is 33.1. The number of pyridine rings is 1. The number of hydrogen-bond donors (Lipinski definition) is 2. The first kappa shape index (κ1) is 18.5. The summed E-state index contributed by atoms with van der Waals surface area (Å²) >= 11 is 7.39. The standard InChI is InChI=1S/C22H23ClN2O2S/c23-17-4-5-19(24-12-17)28-18-3-1-2-15(9-18)21(26)25-20-16-7-13-6-14(8-16)11-22(20,27)10-13/h1-5,9,12-14,16,20,27H,6-8,10-11H2,(H,25,26)/t13-,14?,16?,20-,22?/m0/s1. The maximum atomic E-state index is 13.0.